The predicted octanol–water partition coefficient (Wildman–Crippen LogP) is 10.7. The number of rotatable bonds is 16. The molecule has 7 rings (SSSR count). The summed E-state index contributed by atoms with van der Waals surface area (Å²) in [5, 5.41) is 10.8. The monoisotopic (exact) mass is 1080 g/mol. The van der Waals surface area contributed by atoms with E-state index in [1.165, 1.54) is 38.5 Å². The van der Waals surface area contributed by atoms with Gasteiger partial charge in [-0.15, -0.1) is 0 Å². The van der Waals surface area contributed by atoms with Crippen LogP contribution in [0.2, 0.25) is 15.1 Å². The Balaban J connectivity index is 0.000000226. The van der Waals surface area contributed by atoms with Gasteiger partial charge in [-0.1, -0.05) is 53.9 Å². The third kappa shape index (κ3) is 15.6. The number of carboxylic acid groups (broad SMARTS) is 1. The normalized spacial score (nSPS) is 11.6. The highest BCUT2D eigenvalue weighted by Crippen LogP contribution is 2.33. The minimum atomic E-state index is -4.84. The second-order valence-electron chi connectivity index (χ2n) is 15.5. The Labute approximate surface area is 436 Å². The van der Waals surface area contributed by atoms with E-state index in [0.29, 0.717) is 75.8 Å². The summed E-state index contributed by atoms with van der Waals surface area (Å²) in [6.07, 6.45) is -3.98. The molecule has 1 N–H and O–H groups in total. The topological polar surface area (TPSA) is 193 Å². The number of aliphatic carboxylic acids is 1. The number of carbonyl (C=O) groups excluding carboxylic acids is 2. The first-order valence-electron chi connectivity index (χ1n) is 22.0. The molecular formula is C52H47Cl3F3N3O13. The van der Waals surface area contributed by atoms with Crippen LogP contribution >= 0.6 is 34.8 Å². The van der Waals surface area contributed by atoms with E-state index in [-0.39, 0.29) is 12.3 Å². The summed E-state index contributed by atoms with van der Waals surface area (Å²) in [5.74, 6) is 0.891. The van der Waals surface area contributed by atoms with Crippen molar-refractivity contribution in [1.82, 2.24) is 14.1 Å². The van der Waals surface area contributed by atoms with Crippen molar-refractivity contribution in [3.05, 3.63) is 174 Å². The molecule has 0 aliphatic heterocycles. The van der Waals surface area contributed by atoms with Crippen molar-refractivity contribution in [2.75, 3.05) is 20.8 Å². The number of hydrogen-bond acceptors (Lipinski definition) is 13. The highest BCUT2D eigenvalue weighted by molar-refractivity contribution is 6.36. The van der Waals surface area contributed by atoms with Crippen LogP contribution in [0.25, 0.3) is 16.6 Å². The Morgan fingerprint density at radius 1 is 0.716 bits per heavy atom. The van der Waals surface area contributed by atoms with Gasteiger partial charge >= 0.3 is 29.8 Å². The standard InChI is InChI=1S/C25H25F3N2O6.C16H14Cl2O4.C11H8ClNO3/c1-5-16-6-7-17(20(12-16)36-15(2)23(32)34-4)14-35-19-10-8-18(9-11-19)30-22(31)13-21(25(26,27)28)29(3)24(30)33;1-10(16(19)20-2)21-12-4-6-13(7-5-12)22-15-8-3-11(17)9-14(15)18;12-8-3-4-9(16-6-10(14)15)11-7(8)2-1-5-13-11/h6-13,15H,5,14H2,1-4H3;3-10H,1-2H3;1-5H,6H2,(H,14,15). The number of aryl methyl sites for hydroxylation is 1. The summed E-state index contributed by atoms with van der Waals surface area (Å²) in [6, 6.07) is 30.3. The smallest absolute Gasteiger partial charge is 0.431 e. The number of carboxylic acids is 1. The van der Waals surface area contributed by atoms with E-state index in [4.69, 9.17) is 68.3 Å². The van der Waals surface area contributed by atoms with Gasteiger partial charge in [-0.05, 0) is 123 Å². The summed E-state index contributed by atoms with van der Waals surface area (Å²) < 4.78 is 77.3. The lowest BCUT2D eigenvalue weighted by atomic mass is 10.1. The minimum absolute atomic E-state index is 0.0779. The number of alkyl halides is 3. The van der Waals surface area contributed by atoms with Gasteiger partial charge in [0.1, 0.15) is 52.3 Å². The number of fused-ring (bicyclic) bond motifs is 1. The van der Waals surface area contributed by atoms with E-state index in [2.05, 4.69) is 9.72 Å². The molecule has 0 fully saturated rings. The van der Waals surface area contributed by atoms with Gasteiger partial charge in [0.2, 0.25) is 0 Å². The summed E-state index contributed by atoms with van der Waals surface area (Å²) in [4.78, 5) is 62.3. The Bertz CT molecular complexity index is 3210. The van der Waals surface area contributed by atoms with Crippen molar-refractivity contribution in [3.8, 4) is 40.2 Å². The number of carbonyl (C=O) groups is 3. The molecule has 0 saturated carbocycles. The van der Waals surface area contributed by atoms with Gasteiger partial charge in [-0.3, -0.25) is 14.3 Å². The minimum Gasteiger partial charge on any atom is -0.489 e. The van der Waals surface area contributed by atoms with Crippen molar-refractivity contribution in [2.24, 2.45) is 7.05 Å². The maximum atomic E-state index is 13.1. The van der Waals surface area contributed by atoms with E-state index in [0.717, 1.165) is 24.4 Å². The fraction of sp³-hybridized carbons (Fsp3) is 0.231. The largest absolute Gasteiger partial charge is 0.489 e. The Hall–Kier alpha value is -7.74. The second kappa shape index (κ2) is 26.3. The van der Waals surface area contributed by atoms with E-state index in [1.807, 2.05) is 25.1 Å². The molecular weight excluding hydrogens is 1040 g/mol. The lowest BCUT2D eigenvalue weighted by Gasteiger charge is -2.17. The van der Waals surface area contributed by atoms with Crippen LogP contribution in [0.4, 0.5) is 13.2 Å². The average molecular weight is 1090 g/mol. The van der Waals surface area contributed by atoms with Gasteiger partial charge < -0.3 is 38.3 Å². The molecule has 0 aliphatic carbocycles. The first-order chi connectivity index (χ1) is 35.1. The van der Waals surface area contributed by atoms with E-state index < -0.39 is 59.8 Å². The average Bonchev–Trinajstić information content (AvgIpc) is 3.38. The fourth-order valence-electron chi connectivity index (χ4n) is 6.50. The molecule has 0 spiro atoms. The van der Waals surface area contributed by atoms with Gasteiger partial charge in [0.15, 0.2) is 18.8 Å². The maximum Gasteiger partial charge on any atom is 0.431 e. The Kier molecular flexibility index (Phi) is 20.3. The Morgan fingerprint density at radius 3 is 1.95 bits per heavy atom. The van der Waals surface area contributed by atoms with E-state index in [1.54, 1.807) is 86.8 Å². The molecule has 0 bridgehead atoms. The first-order valence-corrected chi connectivity index (χ1v) is 23.1. The van der Waals surface area contributed by atoms with Gasteiger partial charge in [0.05, 0.1) is 30.0 Å². The van der Waals surface area contributed by atoms with Crippen LogP contribution in [0.3, 0.4) is 0 Å². The molecule has 22 heteroatoms. The molecule has 5 aromatic carbocycles. The maximum absolute atomic E-state index is 13.1. The zero-order valence-electron chi connectivity index (χ0n) is 40.3. The molecule has 16 nitrogen and oxygen atoms in total. The van der Waals surface area contributed by atoms with Crippen LogP contribution in [0, 0.1) is 0 Å². The number of benzene rings is 5. The van der Waals surface area contributed by atoms with Crippen LogP contribution in [-0.4, -0.2) is 70.2 Å². The molecule has 0 saturated heterocycles. The molecule has 2 atom stereocenters. The molecule has 2 aromatic heterocycles. The van der Waals surface area contributed by atoms with Gasteiger partial charge in [0, 0.05) is 35.3 Å². The number of methoxy groups -OCH3 is 2. The number of ether oxygens (including phenoxy) is 7. The molecule has 0 aliphatic rings. The molecule has 0 amide bonds. The molecule has 2 heterocycles. The second-order valence-corrected chi connectivity index (χ2v) is 16.7. The van der Waals surface area contributed by atoms with Crippen LogP contribution in [-0.2, 0) is 50.1 Å². The molecule has 0 radical (unpaired) electrons. The summed E-state index contributed by atoms with van der Waals surface area (Å²) in [5.41, 5.74) is -1.24. The van der Waals surface area contributed by atoms with Crippen molar-refractivity contribution < 1.29 is 65.8 Å². The Morgan fingerprint density at radius 2 is 1.34 bits per heavy atom. The lowest BCUT2D eigenvalue weighted by Crippen LogP contribution is -2.40. The highest BCUT2D eigenvalue weighted by atomic mass is 35.5. The van der Waals surface area contributed by atoms with E-state index in [9.17, 15) is 37.1 Å². The zero-order chi connectivity index (χ0) is 54.3. The number of pyridine rings is 1. The van der Waals surface area contributed by atoms with Crippen LogP contribution in [0.15, 0.2) is 131 Å². The number of halogens is 6. The molecule has 7 aromatic rings. The number of nitrogens with zero attached hydrogens (tertiary/aromatic N) is 3. The van der Waals surface area contributed by atoms with Gasteiger partial charge in [-0.2, -0.15) is 13.2 Å². The van der Waals surface area contributed by atoms with E-state index >= 15 is 0 Å². The number of aromatic nitrogens is 3. The summed E-state index contributed by atoms with van der Waals surface area (Å²) in [6.45, 7) is 4.85. The third-order valence-electron chi connectivity index (χ3n) is 10.3. The summed E-state index contributed by atoms with van der Waals surface area (Å²) in [7, 11) is 3.53. The summed E-state index contributed by atoms with van der Waals surface area (Å²) >= 11 is 17.9. The SMILES string of the molecule is CCc1ccc(COc2ccc(-n3c(=O)cc(C(F)(F)F)n(C)c3=O)cc2)c(OC(C)C(=O)OC)c1.COC(=O)C(C)Oc1ccc(Oc2ccc(Cl)cc2Cl)cc1.O=C(O)COc1ccc(Cl)c2cccnc12. The van der Waals surface area contributed by atoms with Crippen molar-refractivity contribution >= 4 is 63.6 Å². The van der Waals surface area contributed by atoms with Crippen molar-refractivity contribution in [3.63, 3.8) is 0 Å². The third-order valence-corrected chi connectivity index (χ3v) is 11.2. The first kappa shape index (κ1) is 57.2. The molecule has 390 valence electrons. The van der Waals surface area contributed by atoms with Gasteiger partial charge in [-0.25, -0.2) is 23.7 Å². The van der Waals surface area contributed by atoms with Crippen LogP contribution in [0.1, 0.15) is 37.6 Å². The van der Waals surface area contributed by atoms with Crippen LogP contribution < -0.4 is 34.9 Å². The van der Waals surface area contributed by atoms with Crippen LogP contribution in [0.5, 0.6) is 34.5 Å². The quantitative estimate of drug-likeness (QED) is 0.0898. The number of hydrogen-bond donors (Lipinski definition) is 1. The number of esters is 2. The fourth-order valence-corrected chi connectivity index (χ4v) is 7.16. The van der Waals surface area contributed by atoms with Crippen molar-refractivity contribution in [2.45, 2.75) is 52.2 Å². The van der Waals surface area contributed by atoms with Crippen molar-refractivity contribution in [1.29, 1.82) is 0 Å². The highest BCUT2D eigenvalue weighted by Gasteiger charge is 2.35. The lowest BCUT2D eigenvalue weighted by molar-refractivity contribution is -0.148. The predicted molar refractivity (Wildman–Crippen MR) is 270 cm³/mol. The van der Waals surface area contributed by atoms with Gasteiger partial charge in [0.25, 0.3) is 5.56 Å². The molecule has 74 heavy (non-hydrogen) atoms. The zero-order valence-corrected chi connectivity index (χ0v) is 42.5. The molecule has 2 unspecified atom stereocenters.